The smallest absolute Gasteiger partial charge is 0.00728 e. The van der Waals surface area contributed by atoms with Gasteiger partial charge in [0.25, 0.3) is 0 Å². The lowest BCUT2D eigenvalue weighted by atomic mass is 9.86. The van der Waals surface area contributed by atoms with Crippen LogP contribution in [0.3, 0.4) is 0 Å². The Balaban J connectivity index is 1.85. The lowest BCUT2D eigenvalue weighted by Gasteiger charge is -2.30. The monoisotopic (exact) mass is 167 g/mol. The quantitative estimate of drug-likeness (QED) is 0.666. The van der Waals surface area contributed by atoms with Crippen molar-refractivity contribution in [3.63, 3.8) is 0 Å². The van der Waals surface area contributed by atoms with Gasteiger partial charge in [-0.1, -0.05) is 13.8 Å². The summed E-state index contributed by atoms with van der Waals surface area (Å²) < 4.78 is 0. The van der Waals surface area contributed by atoms with Gasteiger partial charge in [0.05, 0.1) is 0 Å². The van der Waals surface area contributed by atoms with Gasteiger partial charge in [-0.3, -0.25) is 0 Å². The molecule has 0 radical (unpaired) electrons. The van der Waals surface area contributed by atoms with E-state index in [4.69, 9.17) is 0 Å². The van der Waals surface area contributed by atoms with E-state index >= 15 is 0 Å². The summed E-state index contributed by atoms with van der Waals surface area (Å²) in [6.45, 7) is 4.70. The van der Waals surface area contributed by atoms with Crippen molar-refractivity contribution in [3.8, 4) is 0 Å². The van der Waals surface area contributed by atoms with Crippen molar-refractivity contribution in [1.29, 1.82) is 0 Å². The maximum absolute atomic E-state index is 3.69. The van der Waals surface area contributed by atoms with Crippen LogP contribution in [0.4, 0.5) is 0 Å². The van der Waals surface area contributed by atoms with Crippen molar-refractivity contribution >= 4 is 0 Å². The molecule has 0 amide bonds. The molecule has 70 valence electrons. The third-order valence-corrected chi connectivity index (χ3v) is 3.38. The van der Waals surface area contributed by atoms with Crippen LogP contribution < -0.4 is 5.32 Å². The van der Waals surface area contributed by atoms with E-state index in [9.17, 15) is 0 Å². The second kappa shape index (κ2) is 3.37. The van der Waals surface area contributed by atoms with Gasteiger partial charge in [-0.05, 0) is 43.9 Å². The summed E-state index contributed by atoms with van der Waals surface area (Å²) in [6, 6.07) is 1.76. The van der Waals surface area contributed by atoms with Gasteiger partial charge in [0.1, 0.15) is 0 Å². The Morgan fingerprint density at radius 2 is 1.75 bits per heavy atom. The summed E-state index contributed by atoms with van der Waals surface area (Å²) in [5.74, 6) is 1.93. The van der Waals surface area contributed by atoms with Gasteiger partial charge in [0, 0.05) is 12.1 Å². The van der Waals surface area contributed by atoms with E-state index in [0.717, 1.165) is 23.9 Å². The first-order valence-corrected chi connectivity index (χ1v) is 5.50. The normalized spacial score (nSPS) is 40.8. The van der Waals surface area contributed by atoms with Crippen molar-refractivity contribution in [2.45, 2.75) is 58.0 Å². The molecule has 2 rings (SSSR count). The van der Waals surface area contributed by atoms with Crippen LogP contribution in [0.1, 0.15) is 46.0 Å². The number of hydrogen-bond donors (Lipinski definition) is 1. The molecular formula is C11H21N. The molecular weight excluding hydrogens is 146 g/mol. The number of hydrogen-bond acceptors (Lipinski definition) is 1. The van der Waals surface area contributed by atoms with Gasteiger partial charge >= 0.3 is 0 Å². The Morgan fingerprint density at radius 3 is 2.25 bits per heavy atom. The van der Waals surface area contributed by atoms with E-state index in [0.29, 0.717) is 0 Å². The Kier molecular flexibility index (Phi) is 2.40. The highest BCUT2D eigenvalue weighted by atomic mass is 15.0. The summed E-state index contributed by atoms with van der Waals surface area (Å²) in [5.41, 5.74) is 0. The number of piperidine rings is 1. The predicted molar refractivity (Wildman–Crippen MR) is 52.1 cm³/mol. The fourth-order valence-electron chi connectivity index (χ4n) is 3.03. The van der Waals surface area contributed by atoms with Crippen LogP contribution in [0.25, 0.3) is 0 Å². The molecule has 2 fully saturated rings. The molecule has 0 unspecified atom stereocenters. The highest BCUT2D eigenvalue weighted by Crippen LogP contribution is 2.34. The first-order chi connectivity index (χ1) is 5.74. The average Bonchev–Trinajstić information content (AvgIpc) is 2.29. The Morgan fingerprint density at radius 1 is 1.17 bits per heavy atom. The molecule has 2 aliphatic heterocycles. The lowest BCUT2D eigenvalue weighted by molar-refractivity contribution is 0.263. The van der Waals surface area contributed by atoms with Crippen molar-refractivity contribution in [2.24, 2.45) is 11.8 Å². The van der Waals surface area contributed by atoms with Gasteiger partial charge in [0.2, 0.25) is 0 Å². The number of rotatable bonds is 2. The fourth-order valence-corrected chi connectivity index (χ4v) is 3.03. The molecule has 2 aliphatic rings. The van der Waals surface area contributed by atoms with Crippen LogP contribution in [0.5, 0.6) is 0 Å². The lowest BCUT2D eigenvalue weighted by Crippen LogP contribution is -2.38. The second-order valence-electron chi connectivity index (χ2n) is 5.10. The van der Waals surface area contributed by atoms with Crippen LogP contribution >= 0.6 is 0 Å². The average molecular weight is 167 g/mol. The first-order valence-electron chi connectivity index (χ1n) is 5.50. The number of nitrogens with one attached hydrogen (secondary N) is 1. The Hall–Kier alpha value is -0.0400. The summed E-state index contributed by atoms with van der Waals surface area (Å²) in [7, 11) is 0. The number of fused-ring (bicyclic) bond motifs is 2. The standard InChI is InChI=1S/C11H21N/c1-8(2)5-9-6-10-3-4-11(7-9)12-10/h8-12H,3-7H2,1-2H3/t9-,10-,11+. The van der Waals surface area contributed by atoms with E-state index < -0.39 is 0 Å². The maximum Gasteiger partial charge on any atom is 0.00728 e. The summed E-state index contributed by atoms with van der Waals surface area (Å²) in [4.78, 5) is 0. The van der Waals surface area contributed by atoms with E-state index in [1.54, 1.807) is 0 Å². The highest BCUT2D eigenvalue weighted by molar-refractivity contribution is 4.91. The molecule has 2 heterocycles. The molecule has 2 saturated heterocycles. The zero-order valence-electron chi connectivity index (χ0n) is 8.34. The molecule has 12 heavy (non-hydrogen) atoms. The van der Waals surface area contributed by atoms with Crippen LogP contribution in [0, 0.1) is 11.8 Å². The molecule has 1 nitrogen and oxygen atoms in total. The minimum atomic E-state index is 0.882. The third kappa shape index (κ3) is 1.82. The first kappa shape index (κ1) is 8.55. The minimum Gasteiger partial charge on any atom is -0.311 e. The van der Waals surface area contributed by atoms with E-state index in [2.05, 4.69) is 19.2 Å². The van der Waals surface area contributed by atoms with Gasteiger partial charge in [-0.25, -0.2) is 0 Å². The SMILES string of the molecule is CC(C)C[C@@H]1C[C@H]2CC[C@@H](C1)N2. The maximum atomic E-state index is 3.69. The molecule has 0 saturated carbocycles. The Labute approximate surface area is 75.9 Å². The van der Waals surface area contributed by atoms with E-state index in [-0.39, 0.29) is 0 Å². The predicted octanol–water partition coefficient (Wildman–Crippen LogP) is 2.56. The highest BCUT2D eigenvalue weighted by Gasteiger charge is 2.33. The molecule has 2 bridgehead atoms. The van der Waals surface area contributed by atoms with Crippen molar-refractivity contribution in [1.82, 2.24) is 5.32 Å². The largest absolute Gasteiger partial charge is 0.311 e. The van der Waals surface area contributed by atoms with Crippen LogP contribution in [0.2, 0.25) is 0 Å². The molecule has 0 aromatic carbocycles. The molecule has 0 aliphatic carbocycles. The van der Waals surface area contributed by atoms with Crippen LogP contribution in [-0.2, 0) is 0 Å². The fraction of sp³-hybridized carbons (Fsp3) is 1.00. The summed E-state index contributed by atoms with van der Waals surface area (Å²) in [5, 5.41) is 3.69. The van der Waals surface area contributed by atoms with Crippen molar-refractivity contribution < 1.29 is 0 Å². The van der Waals surface area contributed by atoms with Gasteiger partial charge < -0.3 is 5.32 Å². The van der Waals surface area contributed by atoms with E-state index in [1.807, 2.05) is 0 Å². The molecule has 1 heteroatoms. The van der Waals surface area contributed by atoms with Gasteiger partial charge in [-0.15, -0.1) is 0 Å². The Bertz CT molecular complexity index is 141. The zero-order valence-corrected chi connectivity index (χ0v) is 8.34. The van der Waals surface area contributed by atoms with Crippen LogP contribution in [0.15, 0.2) is 0 Å². The molecule has 3 atom stereocenters. The topological polar surface area (TPSA) is 12.0 Å². The molecule has 1 N–H and O–H groups in total. The molecule has 0 aromatic heterocycles. The molecule has 0 aromatic rings. The minimum absolute atomic E-state index is 0.882. The summed E-state index contributed by atoms with van der Waals surface area (Å²) >= 11 is 0. The van der Waals surface area contributed by atoms with E-state index in [1.165, 1.54) is 32.1 Å². The van der Waals surface area contributed by atoms with Crippen LogP contribution in [-0.4, -0.2) is 12.1 Å². The second-order valence-corrected chi connectivity index (χ2v) is 5.10. The van der Waals surface area contributed by atoms with Crippen molar-refractivity contribution in [2.75, 3.05) is 0 Å². The van der Waals surface area contributed by atoms with Gasteiger partial charge in [0.15, 0.2) is 0 Å². The molecule has 0 spiro atoms. The summed E-state index contributed by atoms with van der Waals surface area (Å²) in [6.07, 6.45) is 7.25. The van der Waals surface area contributed by atoms with Gasteiger partial charge in [-0.2, -0.15) is 0 Å². The van der Waals surface area contributed by atoms with Crippen molar-refractivity contribution in [3.05, 3.63) is 0 Å². The third-order valence-electron chi connectivity index (χ3n) is 3.38. The zero-order chi connectivity index (χ0) is 8.55.